The lowest BCUT2D eigenvalue weighted by Gasteiger charge is -2.28. The Labute approximate surface area is 113 Å². The van der Waals surface area contributed by atoms with Crippen molar-refractivity contribution in [2.75, 3.05) is 43.1 Å². The number of hydrogen-bond acceptors (Lipinski definition) is 3. The number of rotatable bonds is 4. The van der Waals surface area contributed by atoms with Crippen LogP contribution < -0.4 is 10.2 Å². The molecule has 3 nitrogen and oxygen atoms in total. The van der Waals surface area contributed by atoms with Gasteiger partial charge in [-0.3, -0.25) is 0 Å². The molecular formula is C14H19ClN2O. The first-order chi connectivity index (χ1) is 8.79. The number of nitrogens with one attached hydrogen (secondary N) is 1. The van der Waals surface area contributed by atoms with Crippen molar-refractivity contribution in [3.05, 3.63) is 35.4 Å². The molecule has 1 aliphatic heterocycles. The topological polar surface area (TPSA) is 24.5 Å². The normalized spacial score (nSPS) is 16.8. The maximum absolute atomic E-state index is 5.62. The quantitative estimate of drug-likeness (QED) is 0.906. The Hall–Kier alpha value is -1.19. The molecule has 0 amide bonds. The first kappa shape index (κ1) is 13.2. The minimum Gasteiger partial charge on any atom is -0.381 e. The monoisotopic (exact) mass is 266 g/mol. The molecule has 0 bridgehead atoms. The Kier molecular flexibility index (Phi) is 4.90. The lowest BCUT2D eigenvalue weighted by Crippen LogP contribution is -2.36. The van der Waals surface area contributed by atoms with E-state index in [0.29, 0.717) is 0 Å². The van der Waals surface area contributed by atoms with Crippen LogP contribution in [-0.4, -0.2) is 32.8 Å². The van der Waals surface area contributed by atoms with Gasteiger partial charge in [-0.1, -0.05) is 11.6 Å². The highest BCUT2D eigenvalue weighted by Gasteiger charge is 2.10. The van der Waals surface area contributed by atoms with Gasteiger partial charge in [0, 0.05) is 36.5 Å². The third-order valence-electron chi connectivity index (χ3n) is 3.00. The number of morpholine rings is 1. The molecule has 1 N–H and O–H groups in total. The highest BCUT2D eigenvalue weighted by Crippen LogP contribution is 2.19. The molecular weight excluding hydrogens is 248 g/mol. The largest absolute Gasteiger partial charge is 0.381 e. The molecule has 1 fully saturated rings. The summed E-state index contributed by atoms with van der Waals surface area (Å²) in [5.74, 6) is 0. The van der Waals surface area contributed by atoms with Crippen LogP contribution in [0.5, 0.6) is 0 Å². The molecule has 0 atom stereocenters. The van der Waals surface area contributed by atoms with Gasteiger partial charge in [0.05, 0.1) is 13.2 Å². The van der Waals surface area contributed by atoms with Crippen LogP contribution in [0.15, 0.2) is 35.4 Å². The van der Waals surface area contributed by atoms with E-state index in [9.17, 15) is 0 Å². The molecule has 0 aliphatic carbocycles. The van der Waals surface area contributed by atoms with E-state index >= 15 is 0 Å². The van der Waals surface area contributed by atoms with Crippen molar-refractivity contribution in [3.63, 3.8) is 0 Å². The average molecular weight is 267 g/mol. The van der Waals surface area contributed by atoms with Gasteiger partial charge in [0.1, 0.15) is 0 Å². The molecule has 1 aliphatic rings. The van der Waals surface area contributed by atoms with E-state index in [0.717, 1.165) is 44.1 Å². The number of ether oxygens (including phenoxy) is 1. The highest BCUT2D eigenvalue weighted by atomic mass is 35.5. The van der Waals surface area contributed by atoms with Crippen molar-refractivity contribution in [3.8, 4) is 0 Å². The van der Waals surface area contributed by atoms with Gasteiger partial charge < -0.3 is 15.0 Å². The van der Waals surface area contributed by atoms with Gasteiger partial charge in [0.2, 0.25) is 0 Å². The third-order valence-corrected chi connectivity index (χ3v) is 3.37. The van der Waals surface area contributed by atoms with Crippen LogP contribution in [0.4, 0.5) is 11.4 Å². The predicted octanol–water partition coefficient (Wildman–Crippen LogP) is 3.08. The van der Waals surface area contributed by atoms with E-state index in [1.54, 1.807) is 5.54 Å². The standard InChI is InChI=1S/C14H19ClN2O/c1-12(10-15)11-16-13-2-4-14(5-3-13)17-6-8-18-9-7-17/h2-5,10,16H,6-9,11H2,1H3/b12-10-. The van der Waals surface area contributed by atoms with E-state index in [1.165, 1.54) is 5.69 Å². The number of anilines is 2. The molecule has 1 saturated heterocycles. The second kappa shape index (κ2) is 6.66. The lowest BCUT2D eigenvalue weighted by atomic mass is 10.2. The maximum Gasteiger partial charge on any atom is 0.0642 e. The summed E-state index contributed by atoms with van der Waals surface area (Å²) in [7, 11) is 0. The van der Waals surface area contributed by atoms with Crippen LogP contribution in [0, 0.1) is 0 Å². The van der Waals surface area contributed by atoms with Crippen molar-refractivity contribution in [2.24, 2.45) is 0 Å². The Morgan fingerprint density at radius 1 is 1.33 bits per heavy atom. The molecule has 0 radical (unpaired) electrons. The first-order valence-corrected chi connectivity index (χ1v) is 6.66. The van der Waals surface area contributed by atoms with Crippen molar-refractivity contribution >= 4 is 23.0 Å². The highest BCUT2D eigenvalue weighted by molar-refractivity contribution is 6.25. The molecule has 2 rings (SSSR count). The molecule has 18 heavy (non-hydrogen) atoms. The fourth-order valence-corrected chi connectivity index (χ4v) is 1.97. The molecule has 0 aromatic heterocycles. The summed E-state index contributed by atoms with van der Waals surface area (Å²) in [6.45, 7) is 6.36. The molecule has 0 unspecified atom stereocenters. The Bertz CT molecular complexity index is 397. The van der Waals surface area contributed by atoms with Crippen LogP contribution in [0.25, 0.3) is 0 Å². The van der Waals surface area contributed by atoms with Gasteiger partial charge in [-0.2, -0.15) is 0 Å². The van der Waals surface area contributed by atoms with Crippen molar-refractivity contribution in [1.82, 2.24) is 0 Å². The SMILES string of the molecule is C/C(=C/Cl)CNc1ccc(N2CCOCC2)cc1. The van der Waals surface area contributed by atoms with Gasteiger partial charge in [-0.25, -0.2) is 0 Å². The van der Waals surface area contributed by atoms with E-state index in [4.69, 9.17) is 16.3 Å². The number of benzene rings is 1. The van der Waals surface area contributed by atoms with Crippen molar-refractivity contribution in [1.29, 1.82) is 0 Å². The lowest BCUT2D eigenvalue weighted by molar-refractivity contribution is 0.122. The number of nitrogens with zero attached hydrogens (tertiary/aromatic N) is 1. The van der Waals surface area contributed by atoms with E-state index in [-0.39, 0.29) is 0 Å². The molecule has 1 aromatic carbocycles. The fourth-order valence-electron chi connectivity index (χ4n) is 1.89. The van der Waals surface area contributed by atoms with Crippen molar-refractivity contribution in [2.45, 2.75) is 6.92 Å². The second-order valence-corrected chi connectivity index (χ2v) is 4.67. The first-order valence-electron chi connectivity index (χ1n) is 6.22. The third kappa shape index (κ3) is 3.65. The Morgan fingerprint density at radius 2 is 2.00 bits per heavy atom. The minimum absolute atomic E-state index is 0.778. The van der Waals surface area contributed by atoms with E-state index in [1.807, 2.05) is 6.92 Å². The summed E-state index contributed by atoms with van der Waals surface area (Å²) in [6, 6.07) is 8.50. The van der Waals surface area contributed by atoms with Gasteiger partial charge >= 0.3 is 0 Å². The summed E-state index contributed by atoms with van der Waals surface area (Å²) in [5, 5.41) is 3.33. The zero-order valence-electron chi connectivity index (χ0n) is 10.7. The average Bonchev–Trinajstić information content (AvgIpc) is 2.46. The Morgan fingerprint density at radius 3 is 2.61 bits per heavy atom. The molecule has 1 heterocycles. The summed E-state index contributed by atoms with van der Waals surface area (Å²) in [5.41, 5.74) is 5.10. The minimum atomic E-state index is 0.778. The fraction of sp³-hybridized carbons (Fsp3) is 0.429. The van der Waals surface area contributed by atoms with Gasteiger partial charge in [-0.15, -0.1) is 0 Å². The molecule has 4 heteroatoms. The predicted molar refractivity (Wildman–Crippen MR) is 77.6 cm³/mol. The van der Waals surface area contributed by atoms with Gasteiger partial charge in [-0.05, 0) is 36.8 Å². The van der Waals surface area contributed by atoms with Crippen LogP contribution in [-0.2, 0) is 4.74 Å². The summed E-state index contributed by atoms with van der Waals surface area (Å²) < 4.78 is 5.35. The summed E-state index contributed by atoms with van der Waals surface area (Å²) >= 11 is 5.62. The second-order valence-electron chi connectivity index (χ2n) is 4.46. The molecule has 98 valence electrons. The van der Waals surface area contributed by atoms with Crippen LogP contribution >= 0.6 is 11.6 Å². The van der Waals surface area contributed by atoms with E-state index in [2.05, 4.69) is 34.5 Å². The van der Waals surface area contributed by atoms with Crippen LogP contribution in [0.1, 0.15) is 6.92 Å². The maximum atomic E-state index is 5.62. The van der Waals surface area contributed by atoms with Crippen LogP contribution in [0.3, 0.4) is 0 Å². The number of hydrogen-bond donors (Lipinski definition) is 1. The Balaban J connectivity index is 1.92. The zero-order chi connectivity index (χ0) is 12.8. The van der Waals surface area contributed by atoms with Crippen molar-refractivity contribution < 1.29 is 4.74 Å². The van der Waals surface area contributed by atoms with Crippen LogP contribution in [0.2, 0.25) is 0 Å². The summed E-state index contributed by atoms with van der Waals surface area (Å²) in [4.78, 5) is 2.34. The zero-order valence-corrected chi connectivity index (χ0v) is 11.4. The number of halogens is 1. The van der Waals surface area contributed by atoms with E-state index < -0.39 is 0 Å². The molecule has 0 saturated carbocycles. The molecule has 1 aromatic rings. The smallest absolute Gasteiger partial charge is 0.0642 e. The molecule has 0 spiro atoms. The van der Waals surface area contributed by atoms with Gasteiger partial charge in [0.15, 0.2) is 0 Å². The summed E-state index contributed by atoms with van der Waals surface area (Å²) in [6.07, 6.45) is 0. The van der Waals surface area contributed by atoms with Gasteiger partial charge in [0.25, 0.3) is 0 Å².